The van der Waals surface area contributed by atoms with Crippen molar-refractivity contribution < 1.29 is 4.74 Å². The van der Waals surface area contributed by atoms with Crippen LogP contribution in [-0.2, 0) is 4.74 Å². The van der Waals surface area contributed by atoms with Gasteiger partial charge in [-0.25, -0.2) is 4.98 Å². The molecule has 0 bridgehead atoms. The first kappa shape index (κ1) is 15.9. The Morgan fingerprint density at radius 3 is 3.00 bits per heavy atom. The summed E-state index contributed by atoms with van der Waals surface area (Å²) in [4.78, 5) is 9.96. The molecule has 0 aliphatic rings. The van der Waals surface area contributed by atoms with Crippen LogP contribution in [0.2, 0.25) is 0 Å². The van der Waals surface area contributed by atoms with Gasteiger partial charge in [0.25, 0.3) is 0 Å². The number of aromatic nitrogens is 2. The summed E-state index contributed by atoms with van der Waals surface area (Å²) in [6, 6.07) is 10.5. The first-order valence-corrected chi connectivity index (χ1v) is 8.95. The van der Waals surface area contributed by atoms with E-state index in [9.17, 15) is 0 Å². The van der Waals surface area contributed by atoms with Crippen molar-refractivity contribution in [1.82, 2.24) is 9.97 Å². The van der Waals surface area contributed by atoms with Crippen LogP contribution < -0.4 is 5.32 Å². The van der Waals surface area contributed by atoms with Gasteiger partial charge in [0.15, 0.2) is 0 Å². The highest BCUT2D eigenvalue weighted by atomic mass is 32.1. The lowest BCUT2D eigenvalue weighted by atomic mass is 10.1. The Hall–Kier alpha value is -2.63. The maximum absolute atomic E-state index is 5.07. The van der Waals surface area contributed by atoms with E-state index >= 15 is 0 Å². The summed E-state index contributed by atoms with van der Waals surface area (Å²) in [7, 11) is 1.70. The number of nitrogens with zero attached hydrogens (tertiary/aromatic N) is 1. The molecule has 0 amide bonds. The van der Waals surface area contributed by atoms with Crippen molar-refractivity contribution in [2.45, 2.75) is 6.92 Å². The maximum Gasteiger partial charge on any atom is 0.125 e. The molecule has 4 nitrogen and oxygen atoms in total. The largest absolute Gasteiger partial charge is 0.381 e. The number of hydrogen-bond acceptors (Lipinski definition) is 4. The number of ether oxygens (including phenoxy) is 1. The zero-order valence-corrected chi connectivity index (χ0v) is 15.0. The average Bonchev–Trinajstić information content (AvgIpc) is 3.25. The molecule has 0 saturated carbocycles. The van der Waals surface area contributed by atoms with Gasteiger partial charge in [0.2, 0.25) is 0 Å². The normalized spacial score (nSPS) is 11.8. The fraction of sp³-hybridized carbons (Fsp3) is 0.150. The molecule has 0 unspecified atom stereocenters. The van der Waals surface area contributed by atoms with Crippen LogP contribution in [0.3, 0.4) is 0 Å². The molecular weight excluding hydrogens is 330 g/mol. The number of pyridine rings is 1. The second-order valence-corrected chi connectivity index (χ2v) is 6.95. The summed E-state index contributed by atoms with van der Waals surface area (Å²) in [5, 5.41) is 5.96. The molecule has 0 fully saturated rings. The number of aryl methyl sites for hydroxylation is 1. The number of fused-ring (bicyclic) bond motifs is 2. The Morgan fingerprint density at radius 1 is 1.20 bits per heavy atom. The zero-order valence-electron chi connectivity index (χ0n) is 14.2. The van der Waals surface area contributed by atoms with E-state index in [0.29, 0.717) is 6.61 Å². The van der Waals surface area contributed by atoms with E-state index < -0.39 is 0 Å². The van der Waals surface area contributed by atoms with Crippen molar-refractivity contribution in [3.8, 4) is 0 Å². The average molecular weight is 349 g/mol. The number of thiophene rings is 1. The van der Waals surface area contributed by atoms with Gasteiger partial charge < -0.3 is 15.0 Å². The van der Waals surface area contributed by atoms with Crippen molar-refractivity contribution in [3.05, 3.63) is 59.2 Å². The van der Waals surface area contributed by atoms with Gasteiger partial charge in [0.05, 0.1) is 12.3 Å². The lowest BCUT2D eigenvalue weighted by Crippen LogP contribution is -1.94. The Bertz CT molecular complexity index is 1060. The van der Waals surface area contributed by atoms with Crippen molar-refractivity contribution in [2.75, 3.05) is 19.0 Å². The number of nitrogens with one attached hydrogen (secondary N) is 2. The molecule has 0 atom stereocenters. The van der Waals surface area contributed by atoms with E-state index in [4.69, 9.17) is 4.74 Å². The topological polar surface area (TPSA) is 49.9 Å². The molecule has 1 aromatic carbocycles. The van der Waals surface area contributed by atoms with Gasteiger partial charge in [-0.15, -0.1) is 11.3 Å². The highest BCUT2D eigenvalue weighted by Crippen LogP contribution is 2.34. The van der Waals surface area contributed by atoms with Gasteiger partial charge in [-0.2, -0.15) is 0 Å². The Kier molecular flexibility index (Phi) is 4.26. The first-order chi connectivity index (χ1) is 12.3. The minimum atomic E-state index is 0.614. The fourth-order valence-corrected chi connectivity index (χ4v) is 3.93. The smallest absolute Gasteiger partial charge is 0.125 e. The quantitative estimate of drug-likeness (QED) is 0.501. The van der Waals surface area contributed by atoms with Crippen LogP contribution in [-0.4, -0.2) is 23.7 Å². The molecule has 4 rings (SSSR count). The second-order valence-electron chi connectivity index (χ2n) is 5.89. The monoisotopic (exact) mass is 349 g/mol. The third-order valence-corrected chi connectivity index (χ3v) is 5.28. The number of methoxy groups -OCH3 is 1. The Morgan fingerprint density at radius 2 is 2.12 bits per heavy atom. The molecule has 3 aromatic heterocycles. The van der Waals surface area contributed by atoms with Crippen LogP contribution in [0.25, 0.3) is 27.2 Å². The standard InChI is InChI=1S/C20H19N3OS/c1-13-15-7-9-21-18(15)6-5-17(13)23-19-8-10-22-20-16(19)12-14(25-20)4-3-11-24-2/h3-10,12,21H,11H2,1-2H3,(H,22,23). The van der Waals surface area contributed by atoms with Gasteiger partial charge in [-0.3, -0.25) is 0 Å². The Balaban J connectivity index is 1.71. The summed E-state index contributed by atoms with van der Waals surface area (Å²) in [6.45, 7) is 2.76. The molecule has 0 radical (unpaired) electrons. The molecule has 0 aliphatic heterocycles. The first-order valence-electron chi connectivity index (χ1n) is 8.14. The van der Waals surface area contributed by atoms with Crippen LogP contribution in [0.4, 0.5) is 11.4 Å². The van der Waals surface area contributed by atoms with Crippen LogP contribution in [0.5, 0.6) is 0 Å². The van der Waals surface area contributed by atoms with Gasteiger partial charge in [0, 0.05) is 46.4 Å². The third kappa shape index (κ3) is 3.04. The number of anilines is 2. The SMILES string of the molecule is COCC=Cc1cc2c(Nc3ccc4[nH]ccc4c3C)ccnc2s1. The molecule has 0 aliphatic carbocycles. The highest BCUT2D eigenvalue weighted by molar-refractivity contribution is 7.19. The van der Waals surface area contributed by atoms with Crippen LogP contribution in [0.1, 0.15) is 10.4 Å². The summed E-state index contributed by atoms with van der Waals surface area (Å²) < 4.78 is 5.07. The van der Waals surface area contributed by atoms with Gasteiger partial charge >= 0.3 is 0 Å². The predicted octanol–water partition coefficient (Wildman–Crippen LogP) is 5.49. The van der Waals surface area contributed by atoms with E-state index in [1.807, 2.05) is 24.5 Å². The van der Waals surface area contributed by atoms with Gasteiger partial charge in [-0.05, 0) is 48.9 Å². The molecule has 0 spiro atoms. The highest BCUT2D eigenvalue weighted by Gasteiger charge is 2.09. The lowest BCUT2D eigenvalue weighted by Gasteiger charge is -2.11. The summed E-state index contributed by atoms with van der Waals surface area (Å²) in [6.07, 6.45) is 7.93. The summed E-state index contributed by atoms with van der Waals surface area (Å²) in [5.74, 6) is 0. The lowest BCUT2D eigenvalue weighted by molar-refractivity contribution is 0.234. The van der Waals surface area contributed by atoms with Crippen LogP contribution >= 0.6 is 11.3 Å². The number of H-pyrrole nitrogens is 1. The number of hydrogen-bond donors (Lipinski definition) is 2. The second kappa shape index (κ2) is 6.70. The zero-order chi connectivity index (χ0) is 17.2. The number of aromatic amines is 1. The number of benzene rings is 1. The fourth-order valence-electron chi connectivity index (χ4n) is 2.97. The number of rotatable bonds is 5. The van der Waals surface area contributed by atoms with Crippen LogP contribution in [0, 0.1) is 6.92 Å². The minimum absolute atomic E-state index is 0.614. The van der Waals surface area contributed by atoms with Crippen molar-refractivity contribution >= 4 is 49.9 Å². The molecule has 3 heterocycles. The van der Waals surface area contributed by atoms with Crippen LogP contribution in [0.15, 0.2) is 48.8 Å². The predicted molar refractivity (Wildman–Crippen MR) is 107 cm³/mol. The minimum Gasteiger partial charge on any atom is -0.381 e. The van der Waals surface area contributed by atoms with Crippen molar-refractivity contribution in [1.29, 1.82) is 0 Å². The summed E-state index contributed by atoms with van der Waals surface area (Å²) in [5.41, 5.74) is 4.58. The van der Waals surface area contributed by atoms with Crippen molar-refractivity contribution in [3.63, 3.8) is 0 Å². The molecule has 2 N–H and O–H groups in total. The molecule has 126 valence electrons. The van der Waals surface area contributed by atoms with Gasteiger partial charge in [0.1, 0.15) is 4.83 Å². The molecule has 0 saturated heterocycles. The van der Waals surface area contributed by atoms with Gasteiger partial charge in [-0.1, -0.05) is 6.08 Å². The third-order valence-electron chi connectivity index (χ3n) is 4.27. The maximum atomic E-state index is 5.07. The van der Waals surface area contributed by atoms with E-state index in [-0.39, 0.29) is 0 Å². The van der Waals surface area contributed by atoms with Crippen molar-refractivity contribution in [2.24, 2.45) is 0 Å². The molecular formula is C20H19N3OS. The van der Waals surface area contributed by atoms with E-state index in [1.165, 1.54) is 15.8 Å². The molecule has 5 heteroatoms. The van der Waals surface area contributed by atoms with E-state index in [1.54, 1.807) is 18.4 Å². The van der Waals surface area contributed by atoms with E-state index in [2.05, 4.69) is 52.5 Å². The summed E-state index contributed by atoms with van der Waals surface area (Å²) >= 11 is 1.68. The molecule has 25 heavy (non-hydrogen) atoms. The Labute approximate surface area is 150 Å². The van der Waals surface area contributed by atoms with E-state index in [0.717, 1.165) is 27.1 Å². The molecule has 4 aromatic rings.